The third-order valence-electron chi connectivity index (χ3n) is 3.23. The smallest absolute Gasteiger partial charge is 0.451 e. The number of H-pyrrole nitrogens is 1. The summed E-state index contributed by atoms with van der Waals surface area (Å²) in [6, 6.07) is 4.89. The highest BCUT2D eigenvalue weighted by Gasteiger charge is 2.38. The fourth-order valence-electron chi connectivity index (χ4n) is 2.15. The normalized spacial score (nSPS) is 11.8. The predicted molar refractivity (Wildman–Crippen MR) is 71.5 cm³/mol. The molecule has 120 valence electrons. The van der Waals surface area contributed by atoms with Crippen LogP contribution in [0.5, 0.6) is 0 Å². The number of carbonyl (C=O) groups excluding carboxylic acids is 1. The summed E-state index contributed by atoms with van der Waals surface area (Å²) in [6.45, 7) is 1.14. The lowest BCUT2D eigenvalue weighted by Crippen LogP contribution is -2.11. The van der Waals surface area contributed by atoms with Crippen LogP contribution in [0.2, 0.25) is 0 Å². The zero-order valence-corrected chi connectivity index (χ0v) is 11.8. The number of esters is 1. The predicted octanol–water partition coefficient (Wildman–Crippen LogP) is 3.24. The minimum atomic E-state index is -4.70. The topological polar surface area (TPSA) is 81.0 Å². The van der Waals surface area contributed by atoms with Crippen LogP contribution in [0.4, 0.5) is 13.2 Å². The SMILES string of the molecule is Cc1[nH]nc2c(C(=O)OCc3ncoc3C(F)(F)F)cccc12. The molecular weight excluding hydrogens is 315 g/mol. The van der Waals surface area contributed by atoms with Crippen LogP contribution in [0.15, 0.2) is 29.0 Å². The first kappa shape index (κ1) is 15.1. The number of halogens is 3. The van der Waals surface area contributed by atoms with Crippen molar-refractivity contribution in [2.45, 2.75) is 19.7 Å². The molecule has 0 spiro atoms. The molecule has 1 N–H and O–H groups in total. The van der Waals surface area contributed by atoms with E-state index in [9.17, 15) is 18.0 Å². The van der Waals surface area contributed by atoms with Crippen molar-refractivity contribution in [3.8, 4) is 0 Å². The number of oxazole rings is 1. The van der Waals surface area contributed by atoms with Gasteiger partial charge in [0.2, 0.25) is 5.76 Å². The summed E-state index contributed by atoms with van der Waals surface area (Å²) < 4.78 is 47.2. The first-order valence-electron chi connectivity index (χ1n) is 6.48. The van der Waals surface area contributed by atoms with E-state index >= 15 is 0 Å². The molecule has 3 aromatic rings. The zero-order chi connectivity index (χ0) is 16.6. The van der Waals surface area contributed by atoms with Crippen LogP contribution in [0.3, 0.4) is 0 Å². The molecule has 3 rings (SSSR count). The molecule has 0 radical (unpaired) electrons. The van der Waals surface area contributed by atoms with Gasteiger partial charge in [-0.15, -0.1) is 0 Å². The Morgan fingerprint density at radius 1 is 1.39 bits per heavy atom. The first-order valence-corrected chi connectivity index (χ1v) is 6.48. The summed E-state index contributed by atoms with van der Waals surface area (Å²) in [7, 11) is 0. The molecule has 0 amide bonds. The molecule has 0 saturated heterocycles. The van der Waals surface area contributed by atoms with Gasteiger partial charge < -0.3 is 9.15 Å². The molecular formula is C14H10F3N3O3. The third-order valence-corrected chi connectivity index (χ3v) is 3.23. The van der Waals surface area contributed by atoms with Crippen LogP contribution in [-0.4, -0.2) is 21.2 Å². The Labute approximate surface area is 127 Å². The van der Waals surface area contributed by atoms with E-state index in [2.05, 4.69) is 19.6 Å². The molecule has 6 nitrogen and oxygen atoms in total. The number of nitrogens with zero attached hydrogens (tertiary/aromatic N) is 2. The van der Waals surface area contributed by atoms with E-state index in [1.54, 1.807) is 19.1 Å². The molecule has 9 heteroatoms. The van der Waals surface area contributed by atoms with E-state index in [0.717, 1.165) is 11.1 Å². The quantitative estimate of drug-likeness (QED) is 0.748. The first-order chi connectivity index (χ1) is 10.9. The number of aryl methyl sites for hydroxylation is 1. The summed E-state index contributed by atoms with van der Waals surface area (Å²) >= 11 is 0. The van der Waals surface area contributed by atoms with E-state index < -0.39 is 30.2 Å². The van der Waals surface area contributed by atoms with Gasteiger partial charge in [0.15, 0.2) is 6.39 Å². The number of aromatic amines is 1. The van der Waals surface area contributed by atoms with Crippen molar-refractivity contribution in [1.82, 2.24) is 15.2 Å². The van der Waals surface area contributed by atoms with Crippen molar-refractivity contribution >= 4 is 16.9 Å². The van der Waals surface area contributed by atoms with E-state index in [1.165, 1.54) is 6.07 Å². The van der Waals surface area contributed by atoms with E-state index in [1.807, 2.05) is 0 Å². The standard InChI is InChI=1S/C14H10F3N3O3/c1-7-8-3-2-4-9(11(8)20-19-7)13(21)22-5-10-12(14(15,16)17)23-6-18-10/h2-4,6H,5H2,1H3,(H,19,20). The van der Waals surface area contributed by atoms with Crippen LogP contribution in [0.1, 0.15) is 27.5 Å². The minimum Gasteiger partial charge on any atom is -0.455 e. The van der Waals surface area contributed by atoms with Gasteiger partial charge >= 0.3 is 12.1 Å². The second-order valence-electron chi connectivity index (χ2n) is 4.75. The highest BCUT2D eigenvalue weighted by Crippen LogP contribution is 2.32. The van der Waals surface area contributed by atoms with Gasteiger partial charge in [0.05, 0.1) is 5.56 Å². The Kier molecular flexibility index (Phi) is 3.55. The molecule has 0 aliphatic heterocycles. The van der Waals surface area contributed by atoms with Crippen LogP contribution < -0.4 is 0 Å². The molecule has 0 unspecified atom stereocenters. The molecule has 0 aliphatic carbocycles. The van der Waals surface area contributed by atoms with Gasteiger partial charge in [-0.2, -0.15) is 18.3 Å². The fourth-order valence-corrected chi connectivity index (χ4v) is 2.15. The zero-order valence-electron chi connectivity index (χ0n) is 11.8. The monoisotopic (exact) mass is 325 g/mol. The van der Waals surface area contributed by atoms with Crippen molar-refractivity contribution in [3.05, 3.63) is 47.3 Å². The van der Waals surface area contributed by atoms with Gasteiger partial charge in [0.1, 0.15) is 17.8 Å². The maximum atomic E-state index is 12.7. The maximum absolute atomic E-state index is 12.7. The number of alkyl halides is 3. The van der Waals surface area contributed by atoms with Crippen molar-refractivity contribution in [2.75, 3.05) is 0 Å². The van der Waals surface area contributed by atoms with Gasteiger partial charge in [-0.05, 0) is 13.0 Å². The second kappa shape index (κ2) is 5.41. The van der Waals surface area contributed by atoms with Gasteiger partial charge in [-0.25, -0.2) is 9.78 Å². The Morgan fingerprint density at radius 2 is 2.17 bits per heavy atom. The summed E-state index contributed by atoms with van der Waals surface area (Å²) in [5.41, 5.74) is 0.830. The number of benzene rings is 1. The minimum absolute atomic E-state index is 0.156. The molecule has 0 aliphatic rings. The summed E-state index contributed by atoms with van der Waals surface area (Å²) in [5, 5.41) is 7.47. The van der Waals surface area contributed by atoms with Gasteiger partial charge in [-0.3, -0.25) is 5.10 Å². The highest BCUT2D eigenvalue weighted by atomic mass is 19.4. The van der Waals surface area contributed by atoms with Crippen molar-refractivity contribution in [2.24, 2.45) is 0 Å². The molecule has 0 atom stereocenters. The Hall–Kier alpha value is -2.84. The largest absolute Gasteiger partial charge is 0.455 e. The molecule has 2 aromatic heterocycles. The molecule has 1 aromatic carbocycles. The van der Waals surface area contributed by atoms with Crippen molar-refractivity contribution in [3.63, 3.8) is 0 Å². The number of ether oxygens (including phenoxy) is 1. The summed E-state index contributed by atoms with van der Waals surface area (Å²) in [5.74, 6) is -2.07. The highest BCUT2D eigenvalue weighted by molar-refractivity contribution is 6.03. The van der Waals surface area contributed by atoms with E-state index in [0.29, 0.717) is 11.9 Å². The lowest BCUT2D eigenvalue weighted by Gasteiger charge is -2.06. The lowest BCUT2D eigenvalue weighted by molar-refractivity contribution is -0.154. The fraction of sp³-hybridized carbons (Fsp3) is 0.214. The summed E-state index contributed by atoms with van der Waals surface area (Å²) in [4.78, 5) is 15.5. The second-order valence-corrected chi connectivity index (χ2v) is 4.75. The average Bonchev–Trinajstić information content (AvgIpc) is 3.11. The average molecular weight is 325 g/mol. The van der Waals surface area contributed by atoms with Crippen LogP contribution in [0.25, 0.3) is 10.9 Å². The number of rotatable bonds is 3. The number of hydrogen-bond donors (Lipinski definition) is 1. The Balaban J connectivity index is 1.81. The third kappa shape index (κ3) is 2.77. The molecule has 0 bridgehead atoms. The molecule has 0 fully saturated rings. The molecule has 23 heavy (non-hydrogen) atoms. The number of aromatic nitrogens is 3. The van der Waals surface area contributed by atoms with Gasteiger partial charge in [0, 0.05) is 11.1 Å². The molecule has 0 saturated carbocycles. The lowest BCUT2D eigenvalue weighted by atomic mass is 10.1. The maximum Gasteiger partial charge on any atom is 0.451 e. The Morgan fingerprint density at radius 3 is 2.91 bits per heavy atom. The van der Waals surface area contributed by atoms with Crippen LogP contribution in [-0.2, 0) is 17.5 Å². The van der Waals surface area contributed by atoms with Gasteiger partial charge in [-0.1, -0.05) is 12.1 Å². The number of carbonyl (C=O) groups is 1. The van der Waals surface area contributed by atoms with Gasteiger partial charge in [0.25, 0.3) is 0 Å². The van der Waals surface area contributed by atoms with Crippen LogP contribution in [0, 0.1) is 6.92 Å². The van der Waals surface area contributed by atoms with Crippen molar-refractivity contribution in [1.29, 1.82) is 0 Å². The van der Waals surface area contributed by atoms with E-state index in [4.69, 9.17) is 4.74 Å². The number of para-hydroxylation sites is 1. The summed E-state index contributed by atoms with van der Waals surface area (Å²) in [6.07, 6.45) is -4.04. The number of fused-ring (bicyclic) bond motifs is 1. The van der Waals surface area contributed by atoms with E-state index in [-0.39, 0.29) is 5.56 Å². The number of nitrogens with one attached hydrogen (secondary N) is 1. The van der Waals surface area contributed by atoms with Crippen LogP contribution >= 0.6 is 0 Å². The molecule has 2 heterocycles. The van der Waals surface area contributed by atoms with Crippen molar-refractivity contribution < 1.29 is 27.1 Å². The number of hydrogen-bond acceptors (Lipinski definition) is 5. The Bertz CT molecular complexity index is 867.